The Morgan fingerprint density at radius 3 is 2.72 bits per heavy atom. The van der Waals surface area contributed by atoms with Gasteiger partial charge in [0.25, 0.3) is 0 Å². The predicted octanol–water partition coefficient (Wildman–Crippen LogP) is 1.09. The van der Waals surface area contributed by atoms with Gasteiger partial charge in [-0.05, 0) is 45.2 Å². The van der Waals surface area contributed by atoms with Gasteiger partial charge in [-0.3, -0.25) is 9.59 Å². The third-order valence-corrected chi connectivity index (χ3v) is 3.61. The highest BCUT2D eigenvalue weighted by Crippen LogP contribution is 2.17. The zero-order valence-electron chi connectivity index (χ0n) is 11.3. The van der Waals surface area contributed by atoms with Crippen LogP contribution < -0.4 is 5.32 Å². The molecule has 0 radical (unpaired) electrons. The number of rotatable bonds is 6. The van der Waals surface area contributed by atoms with Crippen LogP contribution in [-0.2, 0) is 9.59 Å². The first-order chi connectivity index (χ1) is 8.54. The SMILES string of the molecule is CCC(C)N(CC(=O)O)C(=O)CC1CCCNC1. The van der Waals surface area contributed by atoms with E-state index in [2.05, 4.69) is 5.32 Å². The average molecular weight is 256 g/mol. The van der Waals surface area contributed by atoms with Gasteiger partial charge in [0.1, 0.15) is 6.54 Å². The molecule has 0 aromatic carbocycles. The van der Waals surface area contributed by atoms with E-state index < -0.39 is 5.97 Å². The number of carbonyl (C=O) groups excluding carboxylic acids is 1. The molecule has 0 aliphatic carbocycles. The number of aliphatic carboxylic acids is 1. The van der Waals surface area contributed by atoms with Crippen molar-refractivity contribution in [3.05, 3.63) is 0 Å². The molecule has 0 bridgehead atoms. The van der Waals surface area contributed by atoms with Crippen LogP contribution in [0.15, 0.2) is 0 Å². The van der Waals surface area contributed by atoms with Gasteiger partial charge in [-0.1, -0.05) is 6.92 Å². The van der Waals surface area contributed by atoms with Crippen molar-refractivity contribution in [1.29, 1.82) is 0 Å². The molecule has 1 rings (SSSR count). The highest BCUT2D eigenvalue weighted by Gasteiger charge is 2.25. The number of carboxylic acid groups (broad SMARTS) is 1. The van der Waals surface area contributed by atoms with E-state index in [1.807, 2.05) is 13.8 Å². The van der Waals surface area contributed by atoms with E-state index >= 15 is 0 Å². The third kappa shape index (κ3) is 4.64. The average Bonchev–Trinajstić information content (AvgIpc) is 2.36. The van der Waals surface area contributed by atoms with E-state index in [1.54, 1.807) is 0 Å². The summed E-state index contributed by atoms with van der Waals surface area (Å²) in [6.45, 7) is 5.57. The lowest BCUT2D eigenvalue weighted by atomic mass is 9.95. The van der Waals surface area contributed by atoms with E-state index in [0.29, 0.717) is 12.3 Å². The molecular formula is C13H24N2O3. The predicted molar refractivity (Wildman–Crippen MR) is 69.3 cm³/mol. The van der Waals surface area contributed by atoms with E-state index in [0.717, 1.165) is 32.4 Å². The molecule has 0 spiro atoms. The van der Waals surface area contributed by atoms with Crippen molar-refractivity contribution in [3.8, 4) is 0 Å². The first-order valence-corrected chi connectivity index (χ1v) is 6.76. The minimum Gasteiger partial charge on any atom is -0.480 e. The van der Waals surface area contributed by atoms with Crippen LogP contribution in [0.4, 0.5) is 0 Å². The standard InChI is InChI=1S/C13H24N2O3/c1-3-10(2)15(9-13(17)18)12(16)7-11-5-4-6-14-8-11/h10-11,14H,3-9H2,1-2H3,(H,17,18). The molecule has 1 heterocycles. The number of nitrogens with zero attached hydrogens (tertiary/aromatic N) is 1. The highest BCUT2D eigenvalue weighted by atomic mass is 16.4. The van der Waals surface area contributed by atoms with Gasteiger partial charge < -0.3 is 15.3 Å². The van der Waals surface area contributed by atoms with Crippen LogP contribution >= 0.6 is 0 Å². The Hall–Kier alpha value is -1.10. The molecule has 1 aliphatic heterocycles. The van der Waals surface area contributed by atoms with Crippen molar-refractivity contribution in [2.75, 3.05) is 19.6 Å². The van der Waals surface area contributed by atoms with Crippen molar-refractivity contribution < 1.29 is 14.7 Å². The lowest BCUT2D eigenvalue weighted by Gasteiger charge is -2.30. The van der Waals surface area contributed by atoms with Crippen molar-refractivity contribution >= 4 is 11.9 Å². The van der Waals surface area contributed by atoms with Crippen molar-refractivity contribution in [3.63, 3.8) is 0 Å². The molecule has 1 saturated heterocycles. The van der Waals surface area contributed by atoms with E-state index in [9.17, 15) is 9.59 Å². The maximum atomic E-state index is 12.2. The quantitative estimate of drug-likeness (QED) is 0.746. The Balaban J connectivity index is 2.54. The summed E-state index contributed by atoms with van der Waals surface area (Å²) in [5, 5.41) is 12.2. The van der Waals surface area contributed by atoms with Gasteiger partial charge >= 0.3 is 5.97 Å². The summed E-state index contributed by atoms with van der Waals surface area (Å²) in [4.78, 5) is 24.5. The Kier molecular flexibility index (Phi) is 6.12. The molecular weight excluding hydrogens is 232 g/mol. The number of hydrogen-bond acceptors (Lipinski definition) is 3. The van der Waals surface area contributed by atoms with Crippen LogP contribution in [0.5, 0.6) is 0 Å². The number of nitrogens with one attached hydrogen (secondary N) is 1. The Morgan fingerprint density at radius 1 is 1.50 bits per heavy atom. The van der Waals surface area contributed by atoms with E-state index in [-0.39, 0.29) is 18.5 Å². The fourth-order valence-electron chi connectivity index (χ4n) is 2.32. The number of hydrogen-bond donors (Lipinski definition) is 2. The van der Waals surface area contributed by atoms with Crippen LogP contribution in [0, 0.1) is 5.92 Å². The normalized spacial score (nSPS) is 21.3. The summed E-state index contributed by atoms with van der Waals surface area (Å²) < 4.78 is 0. The minimum atomic E-state index is -0.939. The van der Waals surface area contributed by atoms with Gasteiger partial charge in [0, 0.05) is 12.5 Å². The van der Waals surface area contributed by atoms with E-state index in [4.69, 9.17) is 5.11 Å². The maximum absolute atomic E-state index is 12.2. The smallest absolute Gasteiger partial charge is 0.323 e. The first kappa shape index (κ1) is 15.0. The molecule has 5 heteroatoms. The zero-order valence-corrected chi connectivity index (χ0v) is 11.3. The van der Waals surface area contributed by atoms with E-state index in [1.165, 1.54) is 4.90 Å². The summed E-state index contributed by atoms with van der Waals surface area (Å²) in [5.74, 6) is -0.613. The zero-order chi connectivity index (χ0) is 13.5. The van der Waals surface area contributed by atoms with Crippen molar-refractivity contribution in [2.24, 2.45) is 5.92 Å². The van der Waals surface area contributed by atoms with Gasteiger partial charge in [-0.25, -0.2) is 0 Å². The molecule has 1 aliphatic rings. The summed E-state index contributed by atoms with van der Waals surface area (Å²) in [7, 11) is 0. The number of piperidine rings is 1. The lowest BCUT2D eigenvalue weighted by molar-refractivity contribution is -0.146. The number of amides is 1. The highest BCUT2D eigenvalue weighted by molar-refractivity contribution is 5.81. The van der Waals surface area contributed by atoms with Crippen LogP contribution in [0.3, 0.4) is 0 Å². The lowest BCUT2D eigenvalue weighted by Crippen LogP contribution is -2.43. The molecule has 18 heavy (non-hydrogen) atoms. The molecule has 0 aromatic rings. The molecule has 5 nitrogen and oxygen atoms in total. The summed E-state index contributed by atoms with van der Waals surface area (Å²) in [6.07, 6.45) is 3.40. The molecule has 1 amide bonds. The van der Waals surface area contributed by atoms with Crippen LogP contribution in [-0.4, -0.2) is 47.6 Å². The van der Waals surface area contributed by atoms with Crippen LogP contribution in [0.2, 0.25) is 0 Å². The van der Waals surface area contributed by atoms with Gasteiger partial charge in [-0.15, -0.1) is 0 Å². The van der Waals surface area contributed by atoms with Crippen LogP contribution in [0.1, 0.15) is 39.5 Å². The molecule has 104 valence electrons. The second kappa shape index (κ2) is 7.36. The Labute approximate surface area is 109 Å². The largest absolute Gasteiger partial charge is 0.480 e. The topological polar surface area (TPSA) is 69.6 Å². The molecule has 0 aromatic heterocycles. The summed E-state index contributed by atoms with van der Waals surface area (Å²) >= 11 is 0. The first-order valence-electron chi connectivity index (χ1n) is 6.76. The van der Waals surface area contributed by atoms with Crippen molar-refractivity contribution in [1.82, 2.24) is 10.2 Å². The van der Waals surface area contributed by atoms with Crippen LogP contribution in [0.25, 0.3) is 0 Å². The molecule has 0 saturated carbocycles. The van der Waals surface area contributed by atoms with Gasteiger partial charge in [0.05, 0.1) is 0 Å². The van der Waals surface area contributed by atoms with Gasteiger partial charge in [0.2, 0.25) is 5.91 Å². The molecule has 2 N–H and O–H groups in total. The second-order valence-corrected chi connectivity index (χ2v) is 5.09. The fourth-order valence-corrected chi connectivity index (χ4v) is 2.32. The Bertz CT molecular complexity index is 288. The summed E-state index contributed by atoms with van der Waals surface area (Å²) in [5.41, 5.74) is 0. The summed E-state index contributed by atoms with van der Waals surface area (Å²) in [6, 6.07) is -0.00912. The monoisotopic (exact) mass is 256 g/mol. The van der Waals surface area contributed by atoms with Gasteiger partial charge in [-0.2, -0.15) is 0 Å². The Morgan fingerprint density at radius 2 is 2.22 bits per heavy atom. The van der Waals surface area contributed by atoms with Gasteiger partial charge in [0.15, 0.2) is 0 Å². The third-order valence-electron chi connectivity index (χ3n) is 3.61. The number of carboxylic acids is 1. The maximum Gasteiger partial charge on any atom is 0.323 e. The van der Waals surface area contributed by atoms with Crippen molar-refractivity contribution in [2.45, 2.75) is 45.6 Å². The molecule has 2 unspecified atom stereocenters. The fraction of sp³-hybridized carbons (Fsp3) is 0.846. The number of carbonyl (C=O) groups is 2. The second-order valence-electron chi connectivity index (χ2n) is 5.09. The molecule has 1 fully saturated rings. The minimum absolute atomic E-state index is 0.00912. The molecule has 2 atom stereocenters.